The van der Waals surface area contributed by atoms with Gasteiger partial charge in [0.1, 0.15) is 0 Å². The molecule has 0 atom stereocenters. The molecule has 0 heterocycles. The lowest BCUT2D eigenvalue weighted by Crippen LogP contribution is -2.10. The Morgan fingerprint density at radius 2 is 1.88 bits per heavy atom. The van der Waals surface area contributed by atoms with E-state index in [-0.39, 0.29) is 4.75 Å². The molecule has 0 fully saturated rings. The predicted octanol–water partition coefficient (Wildman–Crippen LogP) is 4.39. The average Bonchev–Trinajstić information content (AvgIpc) is 2.15. The van der Waals surface area contributed by atoms with E-state index in [1.165, 1.54) is 0 Å². The lowest BCUT2D eigenvalue weighted by atomic mass is 10.2. The summed E-state index contributed by atoms with van der Waals surface area (Å²) in [6.45, 7) is 8.29. The van der Waals surface area contributed by atoms with Crippen molar-refractivity contribution in [2.75, 3.05) is 5.75 Å². The summed E-state index contributed by atoms with van der Waals surface area (Å²) in [5.74, 6) is 0.0393. The van der Waals surface area contributed by atoms with Crippen LogP contribution >= 0.6 is 23.5 Å². The van der Waals surface area contributed by atoms with Crippen LogP contribution in [-0.4, -0.2) is 21.6 Å². The molecule has 0 spiro atoms. The van der Waals surface area contributed by atoms with Crippen LogP contribution < -0.4 is 0 Å². The first-order valence-electron chi connectivity index (χ1n) is 5.53. The summed E-state index contributed by atoms with van der Waals surface area (Å²) < 4.78 is 0.0136. The number of carboxylic acids is 1. The van der Waals surface area contributed by atoms with E-state index in [0.717, 1.165) is 15.5 Å². The molecule has 1 N–H and O–H groups in total. The van der Waals surface area contributed by atoms with Crippen LogP contribution in [0.3, 0.4) is 0 Å². The first-order valence-corrected chi connectivity index (χ1v) is 7.33. The van der Waals surface area contributed by atoms with Gasteiger partial charge in [-0.1, -0.05) is 33.8 Å². The molecule has 1 rings (SSSR count). The van der Waals surface area contributed by atoms with Crippen LogP contribution in [0.25, 0.3) is 0 Å². The summed E-state index contributed by atoms with van der Waals surface area (Å²) in [6, 6.07) is 5.70. The van der Waals surface area contributed by atoms with E-state index in [0.29, 0.717) is 5.56 Å². The summed E-state index contributed by atoms with van der Waals surface area (Å²) in [7, 11) is 0. The molecule has 1 aromatic carbocycles. The molecule has 17 heavy (non-hydrogen) atoms. The highest BCUT2D eigenvalue weighted by Crippen LogP contribution is 2.37. The fourth-order valence-electron chi connectivity index (χ4n) is 1.41. The summed E-state index contributed by atoms with van der Waals surface area (Å²) >= 11 is 3.18. The van der Waals surface area contributed by atoms with Gasteiger partial charge < -0.3 is 5.11 Å². The minimum absolute atomic E-state index is 0.0136. The molecule has 1 aromatic rings. The number of rotatable bonds is 4. The first-order chi connectivity index (χ1) is 7.85. The highest BCUT2D eigenvalue weighted by molar-refractivity contribution is 8.01. The standard InChI is InChI=1S/C13H18O2S2/c1-5-16-9-7-6-8-10(11(9)12(14)15)17-13(2,3)4/h6-8H,5H2,1-4H3,(H,14,15). The zero-order chi connectivity index (χ0) is 13.1. The quantitative estimate of drug-likeness (QED) is 0.823. The summed E-state index contributed by atoms with van der Waals surface area (Å²) in [6.07, 6.45) is 0. The zero-order valence-corrected chi connectivity index (χ0v) is 12.2. The van der Waals surface area contributed by atoms with Crippen molar-refractivity contribution >= 4 is 29.5 Å². The van der Waals surface area contributed by atoms with Crippen molar-refractivity contribution in [2.24, 2.45) is 0 Å². The predicted molar refractivity (Wildman–Crippen MR) is 75.4 cm³/mol. The number of carbonyl (C=O) groups is 1. The van der Waals surface area contributed by atoms with E-state index in [1.54, 1.807) is 23.5 Å². The van der Waals surface area contributed by atoms with Crippen LogP contribution in [0.1, 0.15) is 38.1 Å². The van der Waals surface area contributed by atoms with Crippen LogP contribution in [0.5, 0.6) is 0 Å². The van der Waals surface area contributed by atoms with Gasteiger partial charge in [0.25, 0.3) is 0 Å². The van der Waals surface area contributed by atoms with Crippen LogP contribution in [-0.2, 0) is 0 Å². The Labute approximate surface area is 111 Å². The second-order valence-corrected chi connectivity index (χ2v) is 7.76. The van der Waals surface area contributed by atoms with E-state index in [4.69, 9.17) is 0 Å². The van der Waals surface area contributed by atoms with Crippen molar-refractivity contribution in [3.05, 3.63) is 23.8 Å². The van der Waals surface area contributed by atoms with E-state index >= 15 is 0 Å². The summed E-state index contributed by atoms with van der Waals surface area (Å²) in [5, 5.41) is 9.34. The van der Waals surface area contributed by atoms with Crippen molar-refractivity contribution in [3.8, 4) is 0 Å². The molecular formula is C13H18O2S2. The molecule has 0 aliphatic carbocycles. The van der Waals surface area contributed by atoms with Crippen molar-refractivity contribution < 1.29 is 9.90 Å². The second-order valence-electron chi connectivity index (χ2n) is 4.58. The number of benzene rings is 1. The smallest absolute Gasteiger partial charge is 0.337 e. The lowest BCUT2D eigenvalue weighted by Gasteiger charge is -2.19. The van der Waals surface area contributed by atoms with Gasteiger partial charge in [0.15, 0.2) is 0 Å². The Bertz CT molecular complexity index is 408. The molecule has 2 nitrogen and oxygen atoms in total. The zero-order valence-electron chi connectivity index (χ0n) is 10.6. The lowest BCUT2D eigenvalue weighted by molar-refractivity contribution is 0.0689. The Morgan fingerprint density at radius 1 is 1.29 bits per heavy atom. The fourth-order valence-corrected chi connectivity index (χ4v) is 3.41. The maximum Gasteiger partial charge on any atom is 0.337 e. The molecule has 0 aliphatic heterocycles. The molecule has 0 saturated carbocycles. The highest BCUT2D eigenvalue weighted by atomic mass is 32.2. The highest BCUT2D eigenvalue weighted by Gasteiger charge is 2.20. The Hall–Kier alpha value is -0.610. The van der Waals surface area contributed by atoms with Gasteiger partial charge in [0.05, 0.1) is 5.56 Å². The van der Waals surface area contributed by atoms with Crippen molar-refractivity contribution in [1.82, 2.24) is 0 Å². The summed E-state index contributed by atoms with van der Waals surface area (Å²) in [4.78, 5) is 13.1. The topological polar surface area (TPSA) is 37.3 Å². The first kappa shape index (κ1) is 14.5. The molecule has 94 valence electrons. The van der Waals surface area contributed by atoms with Crippen molar-refractivity contribution in [1.29, 1.82) is 0 Å². The van der Waals surface area contributed by atoms with Crippen LogP contribution in [0.4, 0.5) is 0 Å². The Balaban J connectivity index is 3.20. The van der Waals surface area contributed by atoms with E-state index in [9.17, 15) is 9.90 Å². The second kappa shape index (κ2) is 5.83. The molecule has 4 heteroatoms. The van der Waals surface area contributed by atoms with Crippen molar-refractivity contribution in [2.45, 2.75) is 42.2 Å². The van der Waals surface area contributed by atoms with Gasteiger partial charge in [-0.25, -0.2) is 4.79 Å². The van der Waals surface area contributed by atoms with E-state index < -0.39 is 5.97 Å². The molecule has 0 unspecified atom stereocenters. The number of aromatic carboxylic acids is 1. The fraction of sp³-hybridized carbons (Fsp3) is 0.462. The molecular weight excluding hydrogens is 252 g/mol. The summed E-state index contributed by atoms with van der Waals surface area (Å²) in [5.41, 5.74) is 0.444. The number of hydrogen-bond acceptors (Lipinski definition) is 3. The maximum atomic E-state index is 11.4. The monoisotopic (exact) mass is 270 g/mol. The SMILES string of the molecule is CCSc1cccc(SC(C)(C)C)c1C(=O)O. The van der Waals surface area contributed by atoms with Gasteiger partial charge >= 0.3 is 5.97 Å². The van der Waals surface area contributed by atoms with Gasteiger partial charge in [0, 0.05) is 14.5 Å². The Morgan fingerprint density at radius 3 is 2.35 bits per heavy atom. The molecule has 0 aromatic heterocycles. The van der Waals surface area contributed by atoms with Crippen molar-refractivity contribution in [3.63, 3.8) is 0 Å². The average molecular weight is 270 g/mol. The van der Waals surface area contributed by atoms with Gasteiger partial charge in [-0.3, -0.25) is 0 Å². The van der Waals surface area contributed by atoms with Crippen LogP contribution in [0.15, 0.2) is 28.0 Å². The minimum Gasteiger partial charge on any atom is -0.478 e. The number of hydrogen-bond donors (Lipinski definition) is 1. The van der Waals surface area contributed by atoms with Crippen LogP contribution in [0, 0.1) is 0 Å². The molecule has 0 radical (unpaired) electrons. The molecule has 0 amide bonds. The third-order valence-electron chi connectivity index (χ3n) is 1.92. The van der Waals surface area contributed by atoms with Crippen LogP contribution in [0.2, 0.25) is 0 Å². The largest absolute Gasteiger partial charge is 0.478 e. The molecule has 0 aliphatic rings. The van der Waals surface area contributed by atoms with Gasteiger partial charge in [0.2, 0.25) is 0 Å². The van der Waals surface area contributed by atoms with E-state index in [2.05, 4.69) is 20.8 Å². The van der Waals surface area contributed by atoms with E-state index in [1.807, 2.05) is 25.1 Å². The maximum absolute atomic E-state index is 11.4. The third-order valence-corrected chi connectivity index (χ3v) is 4.03. The Kier molecular flexibility index (Phi) is 4.95. The van der Waals surface area contributed by atoms with Gasteiger partial charge in [-0.15, -0.1) is 23.5 Å². The number of carboxylic acid groups (broad SMARTS) is 1. The normalized spacial score (nSPS) is 11.5. The van der Waals surface area contributed by atoms with Gasteiger partial charge in [-0.2, -0.15) is 0 Å². The molecule has 0 bridgehead atoms. The number of thioether (sulfide) groups is 2. The minimum atomic E-state index is -0.840. The van der Waals surface area contributed by atoms with Gasteiger partial charge in [-0.05, 0) is 17.9 Å². The third kappa shape index (κ3) is 4.28. The molecule has 0 saturated heterocycles.